The van der Waals surface area contributed by atoms with Crippen LogP contribution in [0.1, 0.15) is 43.5 Å². The van der Waals surface area contributed by atoms with Gasteiger partial charge in [-0.2, -0.15) is 0 Å². The van der Waals surface area contributed by atoms with Gasteiger partial charge in [0.05, 0.1) is 16.0 Å². The van der Waals surface area contributed by atoms with E-state index in [1.807, 2.05) is 51.1 Å². The number of aromatic nitrogens is 2. The topological polar surface area (TPSA) is 78.4 Å². The quantitative estimate of drug-likeness (QED) is 0.301. The highest BCUT2D eigenvalue weighted by molar-refractivity contribution is 7.89. The van der Waals surface area contributed by atoms with E-state index in [0.29, 0.717) is 0 Å². The van der Waals surface area contributed by atoms with Crippen LogP contribution in [0.4, 0.5) is 5.82 Å². The molecule has 210 valence electrons. The number of benzene rings is 2. The summed E-state index contributed by atoms with van der Waals surface area (Å²) in [6.07, 6.45) is 5.09. The number of hydrogen-bond donors (Lipinski definition) is 1. The second kappa shape index (κ2) is 12.0. The van der Waals surface area contributed by atoms with E-state index < -0.39 is 15.6 Å². The lowest BCUT2D eigenvalue weighted by atomic mass is 9.97. The number of rotatable bonds is 9. The minimum atomic E-state index is -3.76. The maximum Gasteiger partial charge on any atom is 0.241 e. The molecule has 1 fully saturated rings. The second-order valence-electron chi connectivity index (χ2n) is 11.2. The molecule has 0 spiro atoms. The summed E-state index contributed by atoms with van der Waals surface area (Å²) in [5, 5.41) is 0.804. The molecule has 1 aliphatic rings. The molecule has 0 amide bonds. The summed E-state index contributed by atoms with van der Waals surface area (Å²) in [6.45, 7) is 10.7. The minimum absolute atomic E-state index is 0.226. The SMILES string of the molecule is Cc1ccc(C(C)(C)NS(=O)(=O)c2ccc3nc(N4CCCN(CCCc5ccccc5)CC4)ccc3c2)cn1. The molecule has 1 N–H and O–H groups in total. The van der Waals surface area contributed by atoms with Crippen LogP contribution >= 0.6 is 0 Å². The van der Waals surface area contributed by atoms with Gasteiger partial charge in [0.2, 0.25) is 10.0 Å². The van der Waals surface area contributed by atoms with Crippen LogP contribution in [0.2, 0.25) is 0 Å². The number of nitrogens with zero attached hydrogens (tertiary/aromatic N) is 4. The van der Waals surface area contributed by atoms with Gasteiger partial charge in [0.15, 0.2) is 0 Å². The van der Waals surface area contributed by atoms with Crippen molar-refractivity contribution >= 4 is 26.7 Å². The third-order valence-corrected chi connectivity index (χ3v) is 9.33. The summed E-state index contributed by atoms with van der Waals surface area (Å²) in [7, 11) is -3.76. The predicted octanol–water partition coefficient (Wildman–Crippen LogP) is 5.30. The van der Waals surface area contributed by atoms with E-state index in [9.17, 15) is 8.42 Å². The highest BCUT2D eigenvalue weighted by Gasteiger charge is 2.28. The Morgan fingerprint density at radius 1 is 0.925 bits per heavy atom. The van der Waals surface area contributed by atoms with Crippen LogP contribution in [-0.4, -0.2) is 56.0 Å². The van der Waals surface area contributed by atoms with Gasteiger partial charge in [-0.1, -0.05) is 36.4 Å². The summed E-state index contributed by atoms with van der Waals surface area (Å²) in [4.78, 5) is 14.4. The van der Waals surface area contributed by atoms with Gasteiger partial charge in [-0.15, -0.1) is 0 Å². The third kappa shape index (κ3) is 6.86. The van der Waals surface area contributed by atoms with Gasteiger partial charge in [-0.25, -0.2) is 18.1 Å². The lowest BCUT2D eigenvalue weighted by molar-refractivity contribution is 0.290. The zero-order valence-electron chi connectivity index (χ0n) is 23.7. The van der Waals surface area contributed by atoms with Crippen LogP contribution in [0.3, 0.4) is 0 Å². The van der Waals surface area contributed by atoms with Gasteiger partial charge in [0.25, 0.3) is 0 Å². The largest absolute Gasteiger partial charge is 0.355 e. The predicted molar refractivity (Wildman–Crippen MR) is 162 cm³/mol. The van der Waals surface area contributed by atoms with Crippen molar-refractivity contribution in [3.8, 4) is 0 Å². The van der Waals surface area contributed by atoms with E-state index in [2.05, 4.69) is 49.8 Å². The van der Waals surface area contributed by atoms with Gasteiger partial charge in [-0.05, 0) is 101 Å². The highest BCUT2D eigenvalue weighted by Crippen LogP contribution is 2.26. The molecule has 0 aliphatic carbocycles. The normalized spacial score (nSPS) is 15.3. The van der Waals surface area contributed by atoms with Crippen molar-refractivity contribution in [3.05, 3.63) is 95.8 Å². The number of sulfonamides is 1. The number of anilines is 1. The summed E-state index contributed by atoms with van der Waals surface area (Å²) < 4.78 is 29.5. The fraction of sp³-hybridized carbons (Fsp3) is 0.375. The molecule has 2 aromatic heterocycles. The van der Waals surface area contributed by atoms with Gasteiger partial charge >= 0.3 is 0 Å². The summed E-state index contributed by atoms with van der Waals surface area (Å²) >= 11 is 0. The van der Waals surface area contributed by atoms with Crippen molar-refractivity contribution in [2.75, 3.05) is 37.6 Å². The molecular formula is C32H39N5O2S. The van der Waals surface area contributed by atoms with Crippen LogP contribution in [0.15, 0.2) is 83.9 Å². The second-order valence-corrected chi connectivity index (χ2v) is 12.9. The van der Waals surface area contributed by atoms with Gasteiger partial charge in [0.1, 0.15) is 5.82 Å². The van der Waals surface area contributed by atoms with Crippen LogP contribution in [0.25, 0.3) is 10.9 Å². The van der Waals surface area contributed by atoms with Crippen LogP contribution in [0.5, 0.6) is 0 Å². The molecule has 0 atom stereocenters. The molecule has 8 heteroatoms. The Balaban J connectivity index is 1.23. The molecule has 0 unspecified atom stereocenters. The van der Waals surface area contributed by atoms with E-state index in [1.165, 1.54) is 5.56 Å². The molecule has 4 aromatic rings. The standard InChI is InChI=1S/C32H39N5O2S/c1-25-12-14-28(24-33-25)32(2,3)35-40(38,39)29-15-16-30-27(23-29)13-17-31(34-30)37-20-8-19-36(21-22-37)18-7-11-26-9-5-4-6-10-26/h4-6,9-10,12-17,23-24,35H,7-8,11,18-22H2,1-3H3. The highest BCUT2D eigenvalue weighted by atomic mass is 32.2. The molecule has 0 saturated carbocycles. The first kappa shape index (κ1) is 28.2. The molecule has 40 heavy (non-hydrogen) atoms. The number of aryl methyl sites for hydroxylation is 2. The molecular weight excluding hydrogens is 518 g/mol. The summed E-state index contributed by atoms with van der Waals surface area (Å²) in [6, 6.07) is 23.6. The number of pyridine rings is 2. The Labute approximate surface area is 238 Å². The average Bonchev–Trinajstić information content (AvgIpc) is 3.18. The van der Waals surface area contributed by atoms with Gasteiger partial charge < -0.3 is 9.80 Å². The van der Waals surface area contributed by atoms with E-state index >= 15 is 0 Å². The van der Waals surface area contributed by atoms with Crippen molar-refractivity contribution < 1.29 is 8.42 Å². The molecule has 0 bridgehead atoms. The number of fused-ring (bicyclic) bond motifs is 1. The van der Waals surface area contributed by atoms with E-state index in [-0.39, 0.29) is 4.90 Å². The summed E-state index contributed by atoms with van der Waals surface area (Å²) in [5.41, 5.74) is 3.08. The first-order chi connectivity index (χ1) is 19.2. The zero-order chi connectivity index (χ0) is 28.2. The molecule has 1 saturated heterocycles. The average molecular weight is 558 g/mol. The lowest BCUT2D eigenvalue weighted by Crippen LogP contribution is -2.41. The molecule has 3 heterocycles. The fourth-order valence-electron chi connectivity index (χ4n) is 5.30. The van der Waals surface area contributed by atoms with E-state index in [1.54, 1.807) is 18.3 Å². The van der Waals surface area contributed by atoms with Gasteiger partial charge in [-0.3, -0.25) is 4.98 Å². The van der Waals surface area contributed by atoms with Crippen molar-refractivity contribution in [1.82, 2.24) is 19.6 Å². The zero-order valence-corrected chi connectivity index (χ0v) is 24.5. The molecule has 5 rings (SSSR count). The maximum absolute atomic E-state index is 13.3. The molecule has 7 nitrogen and oxygen atoms in total. The Hall–Kier alpha value is -3.33. The Kier molecular flexibility index (Phi) is 8.49. The monoisotopic (exact) mass is 557 g/mol. The fourth-order valence-corrected chi connectivity index (χ4v) is 6.74. The maximum atomic E-state index is 13.3. The molecule has 2 aromatic carbocycles. The molecule has 1 aliphatic heterocycles. The van der Waals surface area contributed by atoms with Crippen molar-refractivity contribution in [1.29, 1.82) is 0 Å². The first-order valence-corrected chi connectivity index (χ1v) is 15.6. The van der Waals surface area contributed by atoms with Crippen LogP contribution in [-0.2, 0) is 22.0 Å². The summed E-state index contributed by atoms with van der Waals surface area (Å²) in [5.74, 6) is 0.945. The van der Waals surface area contributed by atoms with E-state index in [4.69, 9.17) is 4.98 Å². The minimum Gasteiger partial charge on any atom is -0.355 e. The molecule has 0 radical (unpaired) electrons. The van der Waals surface area contributed by atoms with Crippen LogP contribution < -0.4 is 9.62 Å². The lowest BCUT2D eigenvalue weighted by Gasteiger charge is -2.26. The Morgan fingerprint density at radius 2 is 1.75 bits per heavy atom. The van der Waals surface area contributed by atoms with Crippen LogP contribution in [0, 0.1) is 6.92 Å². The third-order valence-electron chi connectivity index (χ3n) is 7.67. The van der Waals surface area contributed by atoms with Crippen molar-refractivity contribution in [3.63, 3.8) is 0 Å². The first-order valence-electron chi connectivity index (χ1n) is 14.1. The van der Waals surface area contributed by atoms with Gasteiger partial charge in [0, 0.05) is 36.9 Å². The van der Waals surface area contributed by atoms with Crippen molar-refractivity contribution in [2.24, 2.45) is 0 Å². The van der Waals surface area contributed by atoms with E-state index in [0.717, 1.165) is 80.0 Å². The Morgan fingerprint density at radius 3 is 2.52 bits per heavy atom. The number of nitrogens with one attached hydrogen (secondary N) is 1. The number of hydrogen-bond acceptors (Lipinski definition) is 6. The van der Waals surface area contributed by atoms with Crippen molar-refractivity contribution in [2.45, 2.75) is 50.5 Å². The smallest absolute Gasteiger partial charge is 0.241 e. The Bertz CT molecular complexity index is 1540.